The van der Waals surface area contributed by atoms with Crippen molar-refractivity contribution < 1.29 is 13.9 Å². The molecule has 0 unspecified atom stereocenters. The minimum absolute atomic E-state index is 0.448. The molecule has 0 aliphatic heterocycles. The molecule has 0 spiro atoms. The Hall–Kier alpha value is -2.40. The molecule has 0 aliphatic rings. The van der Waals surface area contributed by atoms with Crippen LogP contribution in [0.15, 0.2) is 34.7 Å². The molecule has 0 fully saturated rings. The van der Waals surface area contributed by atoms with Crippen molar-refractivity contribution in [1.29, 1.82) is 0 Å². The van der Waals surface area contributed by atoms with E-state index in [0.717, 1.165) is 5.56 Å². The van der Waals surface area contributed by atoms with Gasteiger partial charge in [-0.2, -0.15) is 0 Å². The average Bonchev–Trinajstić information content (AvgIpc) is 2.90. The van der Waals surface area contributed by atoms with Gasteiger partial charge >= 0.3 is 0 Å². The number of rotatable bonds is 3. The van der Waals surface area contributed by atoms with Crippen LogP contribution in [0.3, 0.4) is 0 Å². The predicted molar refractivity (Wildman–Crippen MR) is 82.0 cm³/mol. The number of benzene rings is 2. The van der Waals surface area contributed by atoms with Gasteiger partial charge in [0.25, 0.3) is 0 Å². The van der Waals surface area contributed by atoms with Gasteiger partial charge in [0.05, 0.1) is 24.9 Å². The zero-order valence-electron chi connectivity index (χ0n) is 11.5. The van der Waals surface area contributed by atoms with Crippen LogP contribution in [-0.2, 0) is 0 Å². The normalized spacial score (nSPS) is 10.8. The molecule has 0 saturated carbocycles. The second kappa shape index (κ2) is 5.18. The smallest absolute Gasteiger partial charge is 0.227 e. The van der Waals surface area contributed by atoms with E-state index in [-0.39, 0.29) is 0 Å². The number of hydrogen-bond acceptors (Lipinski definition) is 5. The lowest BCUT2D eigenvalue weighted by Gasteiger charge is -2.05. The van der Waals surface area contributed by atoms with Crippen molar-refractivity contribution in [3.8, 4) is 23.0 Å². The fourth-order valence-electron chi connectivity index (χ4n) is 2.02. The van der Waals surface area contributed by atoms with Crippen LogP contribution in [0.5, 0.6) is 11.5 Å². The summed E-state index contributed by atoms with van der Waals surface area (Å²) >= 11 is 5.99. The number of oxazole rings is 1. The summed E-state index contributed by atoms with van der Waals surface area (Å²) in [6, 6.07) is 8.75. The maximum absolute atomic E-state index is 5.99. The predicted octanol–water partition coefficient (Wildman–Crippen LogP) is 3.75. The summed E-state index contributed by atoms with van der Waals surface area (Å²) in [5.41, 5.74) is 8.19. The van der Waals surface area contributed by atoms with Gasteiger partial charge in [0, 0.05) is 17.7 Å². The van der Waals surface area contributed by atoms with Gasteiger partial charge in [-0.25, -0.2) is 4.98 Å². The van der Waals surface area contributed by atoms with Gasteiger partial charge in [-0.3, -0.25) is 0 Å². The van der Waals surface area contributed by atoms with E-state index in [1.165, 1.54) is 0 Å². The molecule has 0 aliphatic carbocycles. The quantitative estimate of drug-likeness (QED) is 0.746. The summed E-state index contributed by atoms with van der Waals surface area (Å²) in [6.45, 7) is 0. The second-order valence-corrected chi connectivity index (χ2v) is 4.87. The molecule has 1 heterocycles. The van der Waals surface area contributed by atoms with E-state index < -0.39 is 0 Å². The Bertz CT molecular complexity index is 753. The molecular weight excluding hydrogens is 292 g/mol. The van der Waals surface area contributed by atoms with E-state index in [9.17, 15) is 0 Å². The number of methoxy groups -OCH3 is 2. The Balaban J connectivity index is 2.15. The molecule has 0 amide bonds. The lowest BCUT2D eigenvalue weighted by Crippen LogP contribution is -1.88. The zero-order valence-corrected chi connectivity index (χ0v) is 12.3. The highest BCUT2D eigenvalue weighted by atomic mass is 35.5. The minimum Gasteiger partial charge on any atom is -0.497 e. The first-order valence-corrected chi connectivity index (χ1v) is 6.57. The second-order valence-electron chi connectivity index (χ2n) is 4.46. The van der Waals surface area contributed by atoms with Crippen LogP contribution in [0.1, 0.15) is 0 Å². The van der Waals surface area contributed by atoms with E-state index in [4.69, 9.17) is 31.2 Å². The highest BCUT2D eigenvalue weighted by Gasteiger charge is 2.12. The number of nitrogen functional groups attached to an aromatic ring is 1. The molecule has 21 heavy (non-hydrogen) atoms. The molecule has 2 aromatic carbocycles. The molecule has 108 valence electrons. The Labute approximate surface area is 126 Å². The topological polar surface area (TPSA) is 70.5 Å². The molecule has 5 nitrogen and oxygen atoms in total. The maximum Gasteiger partial charge on any atom is 0.227 e. The Kier molecular flexibility index (Phi) is 3.35. The number of fused-ring (bicyclic) bond motifs is 1. The van der Waals surface area contributed by atoms with Crippen molar-refractivity contribution in [3.05, 3.63) is 35.4 Å². The van der Waals surface area contributed by atoms with Crippen molar-refractivity contribution >= 4 is 28.4 Å². The lowest BCUT2D eigenvalue weighted by molar-refractivity contribution is 0.394. The molecule has 1 aromatic heterocycles. The molecular formula is C15H13ClN2O3. The first-order chi connectivity index (χ1) is 10.1. The van der Waals surface area contributed by atoms with E-state index >= 15 is 0 Å². The van der Waals surface area contributed by atoms with Crippen LogP contribution < -0.4 is 15.2 Å². The maximum atomic E-state index is 5.99. The van der Waals surface area contributed by atoms with Gasteiger partial charge in [0.15, 0.2) is 5.58 Å². The van der Waals surface area contributed by atoms with Crippen molar-refractivity contribution in [2.75, 3.05) is 20.0 Å². The molecule has 2 N–H and O–H groups in total. The van der Waals surface area contributed by atoms with Crippen molar-refractivity contribution in [2.45, 2.75) is 0 Å². The van der Waals surface area contributed by atoms with Gasteiger partial charge in [-0.15, -0.1) is 0 Å². The number of anilines is 1. The summed E-state index contributed by atoms with van der Waals surface area (Å²) in [5.74, 6) is 1.76. The molecule has 3 aromatic rings. The van der Waals surface area contributed by atoms with E-state index in [2.05, 4.69) is 4.98 Å². The van der Waals surface area contributed by atoms with E-state index in [1.54, 1.807) is 32.4 Å². The first-order valence-electron chi connectivity index (χ1n) is 6.19. The molecule has 0 saturated heterocycles. The van der Waals surface area contributed by atoms with Crippen LogP contribution >= 0.6 is 11.6 Å². The van der Waals surface area contributed by atoms with Crippen LogP contribution in [0.2, 0.25) is 5.02 Å². The summed E-state index contributed by atoms with van der Waals surface area (Å²) < 4.78 is 16.2. The summed E-state index contributed by atoms with van der Waals surface area (Å²) in [6.07, 6.45) is 0. The SMILES string of the molecule is COc1cc(OC)cc(-c2nc3cc(Cl)c(N)cc3o2)c1. The zero-order chi connectivity index (χ0) is 15.0. The standard InChI is InChI=1S/C15H13ClN2O3/c1-19-9-3-8(4-10(5-9)20-2)15-18-13-6-11(16)12(17)7-14(13)21-15/h3-7H,17H2,1-2H3. The number of ether oxygens (including phenoxy) is 2. The van der Waals surface area contributed by atoms with Crippen molar-refractivity contribution in [1.82, 2.24) is 4.98 Å². The monoisotopic (exact) mass is 304 g/mol. The third-order valence-electron chi connectivity index (χ3n) is 3.11. The fraction of sp³-hybridized carbons (Fsp3) is 0.133. The number of halogens is 1. The molecule has 3 rings (SSSR count). The van der Waals surface area contributed by atoms with Gasteiger partial charge in [-0.1, -0.05) is 11.6 Å². The van der Waals surface area contributed by atoms with Gasteiger partial charge < -0.3 is 19.6 Å². The number of nitrogens with two attached hydrogens (primary N) is 1. The number of aromatic nitrogens is 1. The highest BCUT2D eigenvalue weighted by Crippen LogP contribution is 2.33. The molecule has 6 heteroatoms. The summed E-state index contributed by atoms with van der Waals surface area (Å²) in [5, 5.41) is 0.450. The number of nitrogens with zero attached hydrogens (tertiary/aromatic N) is 1. The Morgan fingerprint density at radius 1 is 1.05 bits per heavy atom. The number of hydrogen-bond donors (Lipinski definition) is 1. The lowest BCUT2D eigenvalue weighted by atomic mass is 10.2. The molecule has 0 radical (unpaired) electrons. The summed E-state index contributed by atoms with van der Waals surface area (Å²) in [7, 11) is 3.18. The molecule has 0 atom stereocenters. The Morgan fingerprint density at radius 2 is 1.71 bits per heavy atom. The van der Waals surface area contributed by atoms with Crippen molar-refractivity contribution in [2.24, 2.45) is 0 Å². The van der Waals surface area contributed by atoms with Crippen LogP contribution in [0.4, 0.5) is 5.69 Å². The van der Waals surface area contributed by atoms with Crippen molar-refractivity contribution in [3.63, 3.8) is 0 Å². The average molecular weight is 305 g/mol. The van der Waals surface area contributed by atoms with E-state index in [0.29, 0.717) is 39.2 Å². The van der Waals surface area contributed by atoms with E-state index in [1.807, 2.05) is 12.1 Å². The third kappa shape index (κ3) is 2.48. The first kappa shape index (κ1) is 13.6. The third-order valence-corrected chi connectivity index (χ3v) is 3.43. The minimum atomic E-state index is 0.448. The van der Waals surface area contributed by atoms with Gasteiger partial charge in [0.2, 0.25) is 5.89 Å². The fourth-order valence-corrected chi connectivity index (χ4v) is 2.18. The largest absolute Gasteiger partial charge is 0.497 e. The van der Waals surface area contributed by atoms with Gasteiger partial charge in [0.1, 0.15) is 17.0 Å². The summed E-state index contributed by atoms with van der Waals surface area (Å²) in [4.78, 5) is 4.42. The molecule has 0 bridgehead atoms. The van der Waals surface area contributed by atoms with Gasteiger partial charge in [-0.05, 0) is 18.2 Å². The van der Waals surface area contributed by atoms with Crippen LogP contribution in [0.25, 0.3) is 22.6 Å². The van der Waals surface area contributed by atoms with Crippen LogP contribution in [0, 0.1) is 0 Å². The van der Waals surface area contributed by atoms with Crippen LogP contribution in [-0.4, -0.2) is 19.2 Å². The highest BCUT2D eigenvalue weighted by molar-refractivity contribution is 6.33. The Morgan fingerprint density at radius 3 is 2.33 bits per heavy atom.